The summed E-state index contributed by atoms with van der Waals surface area (Å²) >= 11 is 0. The van der Waals surface area contributed by atoms with Crippen LogP contribution in [0.2, 0.25) is 0 Å². The molecule has 1 aromatic rings. The molecule has 1 aromatic carbocycles. The summed E-state index contributed by atoms with van der Waals surface area (Å²) in [6, 6.07) is 4.43. The van der Waals surface area contributed by atoms with E-state index in [1.807, 2.05) is 20.8 Å². The van der Waals surface area contributed by atoms with Crippen LogP contribution >= 0.6 is 0 Å². The van der Waals surface area contributed by atoms with E-state index in [-0.39, 0.29) is 16.8 Å². The van der Waals surface area contributed by atoms with Crippen LogP contribution in [0.25, 0.3) is 0 Å². The van der Waals surface area contributed by atoms with Crippen molar-refractivity contribution in [3.63, 3.8) is 0 Å². The van der Waals surface area contributed by atoms with Gasteiger partial charge in [-0.3, -0.25) is 4.79 Å². The standard InChI is InChI=1S/C12H16FNO/c1-4-12(2,3)10-8(11(14)15)6-5-7-9(10)13/h5-7H,4H2,1-3H3,(H2,14,15). The van der Waals surface area contributed by atoms with Crippen molar-refractivity contribution in [1.29, 1.82) is 0 Å². The minimum absolute atomic E-state index is 0.279. The van der Waals surface area contributed by atoms with Gasteiger partial charge in [0.15, 0.2) is 0 Å². The van der Waals surface area contributed by atoms with E-state index in [9.17, 15) is 9.18 Å². The zero-order valence-electron chi connectivity index (χ0n) is 9.30. The van der Waals surface area contributed by atoms with E-state index >= 15 is 0 Å². The van der Waals surface area contributed by atoms with Gasteiger partial charge in [0, 0.05) is 11.1 Å². The van der Waals surface area contributed by atoms with Crippen molar-refractivity contribution < 1.29 is 9.18 Å². The van der Waals surface area contributed by atoms with Crippen LogP contribution in [0.3, 0.4) is 0 Å². The zero-order valence-corrected chi connectivity index (χ0v) is 9.30. The van der Waals surface area contributed by atoms with E-state index in [1.165, 1.54) is 12.1 Å². The second kappa shape index (κ2) is 4.01. The van der Waals surface area contributed by atoms with Gasteiger partial charge in [0.2, 0.25) is 5.91 Å². The molecule has 0 heterocycles. The van der Waals surface area contributed by atoms with E-state index in [0.29, 0.717) is 5.56 Å². The molecule has 2 N–H and O–H groups in total. The number of halogens is 1. The van der Waals surface area contributed by atoms with Crippen LogP contribution in [0.4, 0.5) is 4.39 Å². The highest BCUT2D eigenvalue weighted by atomic mass is 19.1. The minimum Gasteiger partial charge on any atom is -0.366 e. The van der Waals surface area contributed by atoms with Crippen molar-refractivity contribution in [2.45, 2.75) is 32.6 Å². The highest BCUT2D eigenvalue weighted by molar-refractivity contribution is 5.94. The number of primary amides is 1. The minimum atomic E-state index is -0.578. The molecule has 0 aliphatic carbocycles. The molecule has 3 heteroatoms. The maximum atomic E-state index is 13.7. The number of nitrogens with two attached hydrogens (primary N) is 1. The first kappa shape index (κ1) is 11.7. The zero-order chi connectivity index (χ0) is 11.6. The van der Waals surface area contributed by atoms with Crippen LogP contribution < -0.4 is 5.73 Å². The molecular weight excluding hydrogens is 193 g/mol. The Morgan fingerprint density at radius 1 is 1.47 bits per heavy atom. The molecule has 2 nitrogen and oxygen atoms in total. The molecule has 0 fully saturated rings. The van der Waals surface area contributed by atoms with Gasteiger partial charge in [0.05, 0.1) is 0 Å². The second-order valence-corrected chi connectivity index (χ2v) is 4.26. The van der Waals surface area contributed by atoms with Crippen molar-refractivity contribution in [3.05, 3.63) is 35.1 Å². The van der Waals surface area contributed by atoms with Crippen LogP contribution in [-0.4, -0.2) is 5.91 Å². The van der Waals surface area contributed by atoms with E-state index in [2.05, 4.69) is 0 Å². The molecule has 1 rings (SSSR count). The third-order valence-electron chi connectivity index (χ3n) is 2.84. The lowest BCUT2D eigenvalue weighted by atomic mass is 9.79. The summed E-state index contributed by atoms with van der Waals surface area (Å²) in [5, 5.41) is 0. The first-order chi connectivity index (χ1) is 6.90. The van der Waals surface area contributed by atoms with Gasteiger partial charge in [0.25, 0.3) is 0 Å². The van der Waals surface area contributed by atoms with Gasteiger partial charge < -0.3 is 5.73 Å². The van der Waals surface area contributed by atoms with Crippen LogP contribution in [-0.2, 0) is 5.41 Å². The van der Waals surface area contributed by atoms with Gasteiger partial charge in [0.1, 0.15) is 5.82 Å². The normalized spacial score (nSPS) is 11.5. The molecule has 0 bridgehead atoms. The SMILES string of the molecule is CCC(C)(C)c1c(F)cccc1C(N)=O. The molecule has 0 unspecified atom stereocenters. The predicted molar refractivity (Wildman–Crippen MR) is 58.2 cm³/mol. The summed E-state index contributed by atoms with van der Waals surface area (Å²) in [4.78, 5) is 11.2. The fourth-order valence-electron chi connectivity index (χ4n) is 1.59. The highest BCUT2D eigenvalue weighted by Gasteiger charge is 2.26. The summed E-state index contributed by atoms with van der Waals surface area (Å²) in [5.41, 5.74) is 5.55. The first-order valence-corrected chi connectivity index (χ1v) is 4.99. The molecule has 0 aromatic heterocycles. The summed E-state index contributed by atoms with van der Waals surface area (Å²) in [7, 11) is 0. The summed E-state index contributed by atoms with van der Waals surface area (Å²) in [6.07, 6.45) is 0.744. The maximum absolute atomic E-state index is 13.7. The predicted octanol–water partition coefficient (Wildman–Crippen LogP) is 2.61. The van der Waals surface area contributed by atoms with E-state index < -0.39 is 5.91 Å². The van der Waals surface area contributed by atoms with Gasteiger partial charge >= 0.3 is 0 Å². The van der Waals surface area contributed by atoms with Crippen molar-refractivity contribution in [2.75, 3.05) is 0 Å². The molecule has 0 atom stereocenters. The summed E-state index contributed by atoms with van der Waals surface area (Å²) in [5.74, 6) is -0.941. The number of carbonyl (C=O) groups is 1. The monoisotopic (exact) mass is 209 g/mol. The summed E-state index contributed by atoms with van der Waals surface area (Å²) in [6.45, 7) is 5.76. The van der Waals surface area contributed by atoms with Gasteiger partial charge in [-0.2, -0.15) is 0 Å². The lowest BCUT2D eigenvalue weighted by Crippen LogP contribution is -2.24. The van der Waals surface area contributed by atoms with Gasteiger partial charge in [-0.15, -0.1) is 0 Å². The molecule has 1 amide bonds. The Hall–Kier alpha value is -1.38. The van der Waals surface area contributed by atoms with E-state index in [1.54, 1.807) is 6.07 Å². The number of hydrogen-bond donors (Lipinski definition) is 1. The number of hydrogen-bond acceptors (Lipinski definition) is 1. The molecule has 0 saturated carbocycles. The lowest BCUT2D eigenvalue weighted by molar-refractivity contribution is 0.0997. The molecule has 0 radical (unpaired) electrons. The van der Waals surface area contributed by atoms with E-state index in [0.717, 1.165) is 6.42 Å². The smallest absolute Gasteiger partial charge is 0.249 e. The molecular formula is C12H16FNO. The van der Waals surface area contributed by atoms with E-state index in [4.69, 9.17) is 5.73 Å². The van der Waals surface area contributed by atoms with Crippen molar-refractivity contribution in [1.82, 2.24) is 0 Å². The Balaban J connectivity index is 3.44. The third-order valence-corrected chi connectivity index (χ3v) is 2.84. The van der Waals surface area contributed by atoms with Gasteiger partial charge in [-0.25, -0.2) is 4.39 Å². The number of amides is 1. The average molecular weight is 209 g/mol. The van der Waals surface area contributed by atoms with Crippen LogP contribution in [0.5, 0.6) is 0 Å². The Labute approximate surface area is 89.3 Å². The second-order valence-electron chi connectivity index (χ2n) is 4.26. The Kier molecular flexibility index (Phi) is 3.12. The highest BCUT2D eigenvalue weighted by Crippen LogP contribution is 2.31. The molecule has 0 aliphatic heterocycles. The maximum Gasteiger partial charge on any atom is 0.249 e. The van der Waals surface area contributed by atoms with Crippen molar-refractivity contribution in [2.24, 2.45) is 5.73 Å². The molecule has 0 aliphatic rings. The average Bonchev–Trinajstić information content (AvgIpc) is 2.17. The van der Waals surface area contributed by atoms with Gasteiger partial charge in [-0.05, 0) is 24.0 Å². The topological polar surface area (TPSA) is 43.1 Å². The van der Waals surface area contributed by atoms with Crippen LogP contribution in [0, 0.1) is 5.82 Å². The van der Waals surface area contributed by atoms with Crippen molar-refractivity contribution in [3.8, 4) is 0 Å². The van der Waals surface area contributed by atoms with Crippen LogP contribution in [0.1, 0.15) is 43.1 Å². The number of benzene rings is 1. The van der Waals surface area contributed by atoms with Crippen molar-refractivity contribution >= 4 is 5.91 Å². The largest absolute Gasteiger partial charge is 0.366 e. The molecule has 0 saturated heterocycles. The quantitative estimate of drug-likeness (QED) is 0.817. The lowest BCUT2D eigenvalue weighted by Gasteiger charge is -2.25. The number of carbonyl (C=O) groups excluding carboxylic acids is 1. The Morgan fingerprint density at radius 3 is 2.53 bits per heavy atom. The fraction of sp³-hybridized carbons (Fsp3) is 0.417. The number of rotatable bonds is 3. The fourth-order valence-corrected chi connectivity index (χ4v) is 1.59. The molecule has 0 spiro atoms. The van der Waals surface area contributed by atoms with Crippen LogP contribution in [0.15, 0.2) is 18.2 Å². The summed E-state index contributed by atoms with van der Waals surface area (Å²) < 4.78 is 13.7. The van der Waals surface area contributed by atoms with Gasteiger partial charge in [-0.1, -0.05) is 26.8 Å². The Morgan fingerprint density at radius 2 is 2.07 bits per heavy atom. The third kappa shape index (κ3) is 2.17. The Bertz CT molecular complexity index is 385. The molecule has 15 heavy (non-hydrogen) atoms. The molecule has 82 valence electrons. The first-order valence-electron chi connectivity index (χ1n) is 4.99.